The van der Waals surface area contributed by atoms with Crippen LogP contribution in [0.25, 0.3) is 0 Å². The van der Waals surface area contributed by atoms with Gasteiger partial charge in [0.05, 0.1) is 7.11 Å². The van der Waals surface area contributed by atoms with Crippen LogP contribution in [0.3, 0.4) is 0 Å². The molecular weight excluding hydrogens is 300 g/mol. The molecule has 0 aromatic heterocycles. The Kier molecular flexibility index (Phi) is 8.28. The Morgan fingerprint density at radius 1 is 1.27 bits per heavy atom. The van der Waals surface area contributed by atoms with Gasteiger partial charge in [-0.1, -0.05) is 12.1 Å². The minimum Gasteiger partial charge on any atom is -0.497 e. The number of nitrogens with one attached hydrogen (secondary N) is 1. The SMILES string of the molecule is COc1ccc(CCCN(C)C(=O)C2CCNCC2)cc1.Cl. The molecule has 22 heavy (non-hydrogen) atoms. The molecule has 1 heterocycles. The summed E-state index contributed by atoms with van der Waals surface area (Å²) in [5.41, 5.74) is 1.29. The standard InChI is InChI=1S/C17H26N2O2.ClH/c1-19(17(20)15-9-11-18-12-10-15)13-3-4-14-5-7-16(21-2)8-6-14;/h5-8,15,18H,3-4,9-13H2,1-2H3;1H. The molecule has 0 bridgehead atoms. The van der Waals surface area contributed by atoms with Gasteiger partial charge in [0, 0.05) is 19.5 Å². The lowest BCUT2D eigenvalue weighted by atomic mass is 9.96. The van der Waals surface area contributed by atoms with Crippen LogP contribution in [0.2, 0.25) is 0 Å². The highest BCUT2D eigenvalue weighted by molar-refractivity contribution is 5.85. The molecule has 1 aromatic carbocycles. The number of methoxy groups -OCH3 is 1. The summed E-state index contributed by atoms with van der Waals surface area (Å²) in [6.07, 6.45) is 3.94. The highest BCUT2D eigenvalue weighted by atomic mass is 35.5. The van der Waals surface area contributed by atoms with Gasteiger partial charge < -0.3 is 15.0 Å². The summed E-state index contributed by atoms with van der Waals surface area (Å²) in [7, 11) is 3.61. The van der Waals surface area contributed by atoms with Gasteiger partial charge in [-0.25, -0.2) is 0 Å². The number of carbonyl (C=O) groups is 1. The van der Waals surface area contributed by atoms with Gasteiger partial charge in [-0.3, -0.25) is 4.79 Å². The molecule has 1 aliphatic heterocycles. The summed E-state index contributed by atoms with van der Waals surface area (Å²) < 4.78 is 5.15. The summed E-state index contributed by atoms with van der Waals surface area (Å²) in [5, 5.41) is 3.30. The quantitative estimate of drug-likeness (QED) is 0.873. The predicted octanol–water partition coefficient (Wildman–Crippen LogP) is 2.51. The Bertz CT molecular complexity index is 444. The Hall–Kier alpha value is -1.26. The van der Waals surface area contributed by atoms with E-state index in [4.69, 9.17) is 4.74 Å². The van der Waals surface area contributed by atoms with Crippen LogP contribution in [0.15, 0.2) is 24.3 Å². The molecule has 1 fully saturated rings. The van der Waals surface area contributed by atoms with Crippen molar-refractivity contribution in [1.82, 2.24) is 10.2 Å². The molecule has 2 rings (SSSR count). The fourth-order valence-corrected chi connectivity index (χ4v) is 2.80. The molecule has 1 N–H and O–H groups in total. The first kappa shape index (κ1) is 18.8. The second-order valence-electron chi connectivity index (χ2n) is 5.74. The van der Waals surface area contributed by atoms with Crippen molar-refractivity contribution in [3.05, 3.63) is 29.8 Å². The van der Waals surface area contributed by atoms with Gasteiger partial charge in [-0.05, 0) is 56.5 Å². The van der Waals surface area contributed by atoms with Crippen LogP contribution in [0, 0.1) is 5.92 Å². The van der Waals surface area contributed by atoms with E-state index in [1.54, 1.807) is 7.11 Å². The van der Waals surface area contributed by atoms with E-state index < -0.39 is 0 Å². The number of hydrogen-bond acceptors (Lipinski definition) is 3. The highest BCUT2D eigenvalue weighted by Crippen LogP contribution is 2.16. The Morgan fingerprint density at radius 3 is 2.50 bits per heavy atom. The first-order chi connectivity index (χ1) is 10.2. The molecule has 1 saturated heterocycles. The van der Waals surface area contributed by atoms with Gasteiger partial charge in [0.25, 0.3) is 0 Å². The van der Waals surface area contributed by atoms with Crippen LogP contribution >= 0.6 is 12.4 Å². The van der Waals surface area contributed by atoms with Crippen molar-refractivity contribution in [2.45, 2.75) is 25.7 Å². The average molecular weight is 327 g/mol. The van der Waals surface area contributed by atoms with Gasteiger partial charge in [-0.2, -0.15) is 0 Å². The molecular formula is C17H27ClN2O2. The predicted molar refractivity (Wildman–Crippen MR) is 91.8 cm³/mol. The van der Waals surface area contributed by atoms with Crippen LogP contribution in [0.1, 0.15) is 24.8 Å². The molecule has 0 aliphatic carbocycles. The van der Waals surface area contributed by atoms with Crippen LogP contribution < -0.4 is 10.1 Å². The average Bonchev–Trinajstić information content (AvgIpc) is 2.55. The lowest BCUT2D eigenvalue weighted by Gasteiger charge is -2.27. The van der Waals surface area contributed by atoms with Gasteiger partial charge in [0.2, 0.25) is 5.91 Å². The first-order valence-corrected chi connectivity index (χ1v) is 7.79. The maximum absolute atomic E-state index is 12.3. The zero-order valence-corrected chi connectivity index (χ0v) is 14.3. The lowest BCUT2D eigenvalue weighted by molar-refractivity contribution is -0.135. The Labute approximate surface area is 139 Å². The molecule has 0 atom stereocenters. The molecule has 1 amide bonds. The summed E-state index contributed by atoms with van der Waals surface area (Å²) in [4.78, 5) is 14.2. The van der Waals surface area contributed by atoms with E-state index in [1.807, 2.05) is 24.1 Å². The lowest BCUT2D eigenvalue weighted by Crippen LogP contribution is -2.39. The number of rotatable bonds is 6. The van der Waals surface area contributed by atoms with E-state index in [0.29, 0.717) is 5.91 Å². The maximum atomic E-state index is 12.3. The largest absolute Gasteiger partial charge is 0.497 e. The minimum absolute atomic E-state index is 0. The summed E-state index contributed by atoms with van der Waals surface area (Å²) in [5.74, 6) is 1.42. The third-order valence-electron chi connectivity index (χ3n) is 4.18. The topological polar surface area (TPSA) is 41.6 Å². The third kappa shape index (κ3) is 5.50. The first-order valence-electron chi connectivity index (χ1n) is 7.79. The van der Waals surface area contributed by atoms with Crippen molar-refractivity contribution in [2.75, 3.05) is 33.8 Å². The number of hydrogen-bond donors (Lipinski definition) is 1. The van der Waals surface area contributed by atoms with Crippen LogP contribution in [-0.4, -0.2) is 44.6 Å². The normalized spacial score (nSPS) is 15.0. The van der Waals surface area contributed by atoms with Crippen LogP contribution in [0.5, 0.6) is 5.75 Å². The minimum atomic E-state index is 0. The number of nitrogens with zero attached hydrogens (tertiary/aromatic N) is 1. The monoisotopic (exact) mass is 326 g/mol. The van der Waals surface area contributed by atoms with Crippen molar-refractivity contribution < 1.29 is 9.53 Å². The van der Waals surface area contributed by atoms with E-state index in [0.717, 1.165) is 51.1 Å². The number of benzene rings is 1. The van der Waals surface area contributed by atoms with E-state index in [1.165, 1.54) is 5.56 Å². The second kappa shape index (κ2) is 9.70. The van der Waals surface area contributed by atoms with Gasteiger partial charge in [0.1, 0.15) is 5.75 Å². The number of carbonyl (C=O) groups excluding carboxylic acids is 1. The fraction of sp³-hybridized carbons (Fsp3) is 0.588. The van der Waals surface area contributed by atoms with Crippen LogP contribution in [0.4, 0.5) is 0 Å². The Morgan fingerprint density at radius 2 is 1.91 bits per heavy atom. The number of aryl methyl sites for hydroxylation is 1. The number of halogens is 1. The number of piperidine rings is 1. The highest BCUT2D eigenvalue weighted by Gasteiger charge is 2.23. The molecule has 4 nitrogen and oxygen atoms in total. The molecule has 0 spiro atoms. The maximum Gasteiger partial charge on any atom is 0.225 e. The fourth-order valence-electron chi connectivity index (χ4n) is 2.80. The van der Waals surface area contributed by atoms with Gasteiger partial charge >= 0.3 is 0 Å². The summed E-state index contributed by atoms with van der Waals surface area (Å²) >= 11 is 0. The molecule has 1 aromatic rings. The zero-order chi connectivity index (χ0) is 15.1. The van der Waals surface area contributed by atoms with Gasteiger partial charge in [0.15, 0.2) is 0 Å². The molecule has 0 unspecified atom stereocenters. The smallest absolute Gasteiger partial charge is 0.225 e. The second-order valence-corrected chi connectivity index (χ2v) is 5.74. The summed E-state index contributed by atoms with van der Waals surface area (Å²) in [6, 6.07) is 8.15. The van der Waals surface area contributed by atoms with Gasteiger partial charge in [-0.15, -0.1) is 12.4 Å². The molecule has 5 heteroatoms. The van der Waals surface area contributed by atoms with Crippen LogP contribution in [-0.2, 0) is 11.2 Å². The molecule has 0 radical (unpaired) electrons. The van der Waals surface area contributed by atoms with Crippen molar-refractivity contribution in [3.63, 3.8) is 0 Å². The van der Waals surface area contributed by atoms with Crippen molar-refractivity contribution in [3.8, 4) is 5.75 Å². The van der Waals surface area contributed by atoms with Crippen molar-refractivity contribution in [1.29, 1.82) is 0 Å². The molecule has 124 valence electrons. The zero-order valence-electron chi connectivity index (χ0n) is 13.5. The number of ether oxygens (including phenoxy) is 1. The van der Waals surface area contributed by atoms with Crippen molar-refractivity contribution >= 4 is 18.3 Å². The molecule has 0 saturated carbocycles. The Balaban J connectivity index is 0.00000242. The van der Waals surface area contributed by atoms with Crippen molar-refractivity contribution in [2.24, 2.45) is 5.92 Å². The van der Waals surface area contributed by atoms with E-state index in [-0.39, 0.29) is 18.3 Å². The van der Waals surface area contributed by atoms with E-state index in [2.05, 4.69) is 17.4 Å². The van der Waals surface area contributed by atoms with E-state index in [9.17, 15) is 4.79 Å². The summed E-state index contributed by atoms with van der Waals surface area (Å²) in [6.45, 7) is 2.76. The molecule has 1 aliphatic rings. The number of amides is 1. The van der Waals surface area contributed by atoms with E-state index >= 15 is 0 Å². The third-order valence-corrected chi connectivity index (χ3v) is 4.18.